The Morgan fingerprint density at radius 1 is 1.03 bits per heavy atom. The molecule has 0 radical (unpaired) electrons. The minimum absolute atomic E-state index is 0.250. The first-order chi connectivity index (χ1) is 14.5. The Morgan fingerprint density at radius 3 is 2.47 bits per heavy atom. The van der Waals surface area contributed by atoms with Crippen LogP contribution in [0.4, 0.5) is 4.79 Å². The van der Waals surface area contributed by atoms with Crippen molar-refractivity contribution in [3.05, 3.63) is 79.6 Å². The maximum absolute atomic E-state index is 13.0. The van der Waals surface area contributed by atoms with Gasteiger partial charge in [0, 0.05) is 0 Å². The Morgan fingerprint density at radius 2 is 1.73 bits per heavy atom. The maximum atomic E-state index is 13.0. The molecular weight excluding hydrogens is 530 g/mol. The summed E-state index contributed by atoms with van der Waals surface area (Å²) in [5, 5.41) is 1.87. The zero-order valence-electron chi connectivity index (χ0n) is 16.0. The third-order valence-corrected chi connectivity index (χ3v) is 6.77. The first-order valence-electron chi connectivity index (χ1n) is 9.31. The number of thioether (sulfide) groups is 1. The third-order valence-electron chi connectivity index (χ3n) is 4.69. The van der Waals surface area contributed by atoms with Crippen molar-refractivity contribution in [3.63, 3.8) is 0 Å². The molecule has 4 rings (SSSR count). The number of nitrogens with zero attached hydrogens (tertiary/aromatic N) is 1. The van der Waals surface area contributed by atoms with Crippen LogP contribution in [0.25, 0.3) is 16.8 Å². The van der Waals surface area contributed by atoms with Gasteiger partial charge < -0.3 is 4.74 Å². The van der Waals surface area contributed by atoms with Crippen molar-refractivity contribution in [2.24, 2.45) is 0 Å². The SMILES string of the molecule is CCOc1c(Br)cc(/C=C2/SC(=O)N(Cc3cccc4ccccc34)C2=O)cc1Br. The molecule has 3 aromatic carbocycles. The lowest BCUT2D eigenvalue weighted by atomic mass is 10.0. The van der Waals surface area contributed by atoms with Gasteiger partial charge in [-0.25, -0.2) is 0 Å². The van der Waals surface area contributed by atoms with Crippen LogP contribution in [0.5, 0.6) is 5.75 Å². The van der Waals surface area contributed by atoms with E-state index in [-0.39, 0.29) is 17.7 Å². The molecule has 3 aromatic rings. The van der Waals surface area contributed by atoms with Gasteiger partial charge in [0.2, 0.25) is 0 Å². The van der Waals surface area contributed by atoms with Crippen molar-refractivity contribution in [1.82, 2.24) is 4.90 Å². The molecule has 30 heavy (non-hydrogen) atoms. The van der Waals surface area contributed by atoms with Crippen LogP contribution in [0.1, 0.15) is 18.1 Å². The molecular formula is C23H17Br2NO3S. The molecule has 0 atom stereocenters. The van der Waals surface area contributed by atoms with Crippen LogP contribution in [-0.4, -0.2) is 22.7 Å². The lowest BCUT2D eigenvalue weighted by Gasteiger charge is -2.14. The summed E-state index contributed by atoms with van der Waals surface area (Å²) in [6.45, 7) is 2.71. The van der Waals surface area contributed by atoms with E-state index in [2.05, 4.69) is 31.9 Å². The highest BCUT2D eigenvalue weighted by molar-refractivity contribution is 9.11. The number of benzene rings is 3. The summed E-state index contributed by atoms with van der Waals surface area (Å²) in [5.41, 5.74) is 1.75. The average molecular weight is 547 g/mol. The average Bonchev–Trinajstić information content (AvgIpc) is 2.98. The lowest BCUT2D eigenvalue weighted by molar-refractivity contribution is -0.123. The van der Waals surface area contributed by atoms with Crippen molar-refractivity contribution in [3.8, 4) is 5.75 Å². The largest absolute Gasteiger partial charge is 0.492 e. The highest BCUT2D eigenvalue weighted by Gasteiger charge is 2.35. The summed E-state index contributed by atoms with van der Waals surface area (Å²) in [5.74, 6) is 0.428. The topological polar surface area (TPSA) is 46.6 Å². The fraction of sp³-hybridized carbons (Fsp3) is 0.130. The number of ether oxygens (including phenoxy) is 1. The summed E-state index contributed by atoms with van der Waals surface area (Å²) >= 11 is 7.97. The molecule has 2 amide bonds. The molecule has 0 aliphatic carbocycles. The van der Waals surface area contributed by atoms with Crippen LogP contribution in [0, 0.1) is 0 Å². The van der Waals surface area contributed by atoms with E-state index in [0.717, 1.165) is 42.6 Å². The monoisotopic (exact) mass is 545 g/mol. The predicted molar refractivity (Wildman–Crippen MR) is 128 cm³/mol. The molecule has 1 aliphatic heterocycles. The lowest BCUT2D eigenvalue weighted by Crippen LogP contribution is -2.27. The second kappa shape index (κ2) is 8.96. The number of halogens is 2. The molecule has 4 nitrogen and oxygen atoms in total. The Labute approximate surface area is 195 Å². The molecule has 0 bridgehead atoms. The number of hydrogen-bond acceptors (Lipinski definition) is 4. The normalized spacial score (nSPS) is 15.4. The number of hydrogen-bond donors (Lipinski definition) is 0. The van der Waals surface area contributed by atoms with Crippen molar-refractivity contribution in [2.75, 3.05) is 6.61 Å². The fourth-order valence-corrected chi connectivity index (χ4v) is 5.62. The van der Waals surface area contributed by atoms with Gasteiger partial charge in [-0.15, -0.1) is 0 Å². The number of carbonyl (C=O) groups is 2. The molecule has 1 saturated heterocycles. The van der Waals surface area contributed by atoms with Gasteiger partial charge in [-0.1, -0.05) is 42.5 Å². The zero-order valence-corrected chi connectivity index (χ0v) is 20.0. The quantitative estimate of drug-likeness (QED) is 0.323. The predicted octanol–water partition coefficient (Wildman–Crippen LogP) is 7.00. The Bertz CT molecular complexity index is 1160. The van der Waals surface area contributed by atoms with E-state index in [9.17, 15) is 9.59 Å². The summed E-state index contributed by atoms with van der Waals surface area (Å²) in [7, 11) is 0. The van der Waals surface area contributed by atoms with Crippen molar-refractivity contribution < 1.29 is 14.3 Å². The molecule has 7 heteroatoms. The molecule has 1 fully saturated rings. The number of imide groups is 1. The first kappa shape index (κ1) is 21.2. The van der Waals surface area contributed by atoms with E-state index in [4.69, 9.17) is 4.74 Å². The van der Waals surface area contributed by atoms with E-state index in [1.54, 1.807) is 6.08 Å². The minimum Gasteiger partial charge on any atom is -0.492 e. The number of fused-ring (bicyclic) bond motifs is 1. The van der Waals surface area contributed by atoms with E-state index in [0.29, 0.717) is 17.3 Å². The Kier molecular flexibility index (Phi) is 6.32. The van der Waals surface area contributed by atoms with Crippen molar-refractivity contribution in [1.29, 1.82) is 0 Å². The number of amides is 2. The fourth-order valence-electron chi connectivity index (χ4n) is 3.33. The van der Waals surface area contributed by atoms with Gasteiger partial charge in [0.05, 0.1) is 27.0 Å². The van der Waals surface area contributed by atoms with Gasteiger partial charge in [-0.2, -0.15) is 0 Å². The Hall–Kier alpha value is -2.09. The number of carbonyl (C=O) groups excluding carboxylic acids is 2. The van der Waals surface area contributed by atoms with Crippen LogP contribution in [0.2, 0.25) is 0 Å². The van der Waals surface area contributed by atoms with Gasteiger partial charge in [-0.3, -0.25) is 14.5 Å². The van der Waals surface area contributed by atoms with Crippen molar-refractivity contribution in [2.45, 2.75) is 13.5 Å². The molecule has 0 aromatic heterocycles. The van der Waals surface area contributed by atoms with Gasteiger partial charge in [0.1, 0.15) is 5.75 Å². The second-order valence-electron chi connectivity index (χ2n) is 6.65. The molecule has 0 saturated carbocycles. The van der Waals surface area contributed by atoms with Crippen LogP contribution < -0.4 is 4.74 Å². The summed E-state index contributed by atoms with van der Waals surface area (Å²) in [4.78, 5) is 27.3. The summed E-state index contributed by atoms with van der Waals surface area (Å²) in [6.07, 6.45) is 1.74. The van der Waals surface area contributed by atoms with E-state index in [1.165, 1.54) is 4.90 Å². The van der Waals surface area contributed by atoms with E-state index in [1.807, 2.05) is 61.5 Å². The van der Waals surface area contributed by atoms with E-state index >= 15 is 0 Å². The number of rotatable bonds is 5. The first-order valence-corrected chi connectivity index (χ1v) is 11.7. The highest BCUT2D eigenvalue weighted by atomic mass is 79.9. The molecule has 152 valence electrons. The summed E-state index contributed by atoms with van der Waals surface area (Å²) in [6, 6.07) is 17.6. The van der Waals surface area contributed by atoms with Gasteiger partial charge in [0.25, 0.3) is 11.1 Å². The molecule has 1 aliphatic rings. The maximum Gasteiger partial charge on any atom is 0.293 e. The summed E-state index contributed by atoms with van der Waals surface area (Å²) < 4.78 is 7.16. The Balaban J connectivity index is 1.61. The second-order valence-corrected chi connectivity index (χ2v) is 9.35. The van der Waals surface area contributed by atoms with Gasteiger partial charge >= 0.3 is 0 Å². The van der Waals surface area contributed by atoms with Gasteiger partial charge in [-0.05, 0) is 90.7 Å². The smallest absolute Gasteiger partial charge is 0.293 e. The molecule has 0 unspecified atom stereocenters. The van der Waals surface area contributed by atoms with Crippen LogP contribution >= 0.6 is 43.6 Å². The highest BCUT2D eigenvalue weighted by Crippen LogP contribution is 2.38. The standard InChI is InChI=1S/C23H17Br2NO3S/c1-2-29-21-18(24)10-14(11-19(21)25)12-20-22(27)26(23(28)30-20)13-16-8-5-7-15-6-3-4-9-17(15)16/h3-12H,2,13H2,1H3/b20-12+. The van der Waals surface area contributed by atoms with Crippen LogP contribution in [0.3, 0.4) is 0 Å². The van der Waals surface area contributed by atoms with E-state index < -0.39 is 0 Å². The molecule has 1 heterocycles. The third kappa shape index (κ3) is 4.19. The van der Waals surface area contributed by atoms with Gasteiger partial charge in [0.15, 0.2) is 0 Å². The zero-order chi connectivity index (χ0) is 21.3. The van der Waals surface area contributed by atoms with Crippen LogP contribution in [0.15, 0.2) is 68.4 Å². The molecule has 0 spiro atoms. The molecule has 0 N–H and O–H groups in total. The van der Waals surface area contributed by atoms with Crippen LogP contribution in [-0.2, 0) is 11.3 Å². The van der Waals surface area contributed by atoms with Crippen molar-refractivity contribution >= 4 is 71.6 Å². The minimum atomic E-state index is -0.279.